The first kappa shape index (κ1) is 11.5. The van der Waals surface area contributed by atoms with Crippen molar-refractivity contribution in [1.29, 1.82) is 0 Å². The number of hydrogen-bond donors (Lipinski definition) is 1. The van der Waals surface area contributed by atoms with Crippen molar-refractivity contribution in [2.45, 2.75) is 38.8 Å². The number of rotatable bonds is 2. The van der Waals surface area contributed by atoms with E-state index < -0.39 is 0 Å². The fourth-order valence-electron chi connectivity index (χ4n) is 2.80. The van der Waals surface area contributed by atoms with Crippen LogP contribution in [0.1, 0.15) is 31.4 Å². The third kappa shape index (κ3) is 1.77. The maximum absolute atomic E-state index is 6.07. The van der Waals surface area contributed by atoms with Gasteiger partial charge in [0, 0.05) is 6.61 Å². The number of ether oxygens (including phenoxy) is 1. The minimum Gasteiger partial charge on any atom is -0.376 e. The SMILES string of the molecule is Cc1ccc2nc(N)n(C(C)C3CCCO3)c2c1. The van der Waals surface area contributed by atoms with Gasteiger partial charge in [0.15, 0.2) is 0 Å². The van der Waals surface area contributed by atoms with Crippen LogP contribution in [0.5, 0.6) is 0 Å². The number of anilines is 1. The Hall–Kier alpha value is -1.55. The Labute approximate surface area is 107 Å². The Balaban J connectivity index is 2.09. The summed E-state index contributed by atoms with van der Waals surface area (Å²) in [6.45, 7) is 5.11. The second-order valence-corrected chi connectivity index (χ2v) is 5.12. The van der Waals surface area contributed by atoms with Gasteiger partial charge in [0.05, 0.1) is 23.2 Å². The summed E-state index contributed by atoms with van der Waals surface area (Å²) in [4.78, 5) is 4.43. The van der Waals surface area contributed by atoms with Gasteiger partial charge in [-0.05, 0) is 44.4 Å². The molecule has 1 fully saturated rings. The quantitative estimate of drug-likeness (QED) is 0.885. The lowest BCUT2D eigenvalue weighted by Crippen LogP contribution is -2.22. The third-order valence-corrected chi connectivity index (χ3v) is 3.78. The topological polar surface area (TPSA) is 53.1 Å². The molecule has 96 valence electrons. The minimum absolute atomic E-state index is 0.235. The van der Waals surface area contributed by atoms with E-state index in [9.17, 15) is 0 Å². The zero-order valence-electron chi connectivity index (χ0n) is 10.9. The van der Waals surface area contributed by atoms with Crippen molar-refractivity contribution in [3.05, 3.63) is 23.8 Å². The van der Waals surface area contributed by atoms with Crippen LogP contribution in [-0.2, 0) is 4.74 Å². The summed E-state index contributed by atoms with van der Waals surface area (Å²) >= 11 is 0. The van der Waals surface area contributed by atoms with Gasteiger partial charge in [-0.3, -0.25) is 0 Å². The highest BCUT2D eigenvalue weighted by molar-refractivity contribution is 5.79. The second-order valence-electron chi connectivity index (χ2n) is 5.12. The van der Waals surface area contributed by atoms with Gasteiger partial charge in [0.25, 0.3) is 0 Å². The van der Waals surface area contributed by atoms with Gasteiger partial charge in [0.2, 0.25) is 5.95 Å². The fraction of sp³-hybridized carbons (Fsp3) is 0.500. The fourth-order valence-corrected chi connectivity index (χ4v) is 2.80. The molecule has 0 radical (unpaired) electrons. The summed E-state index contributed by atoms with van der Waals surface area (Å²) in [6, 6.07) is 6.47. The maximum atomic E-state index is 6.07. The summed E-state index contributed by atoms with van der Waals surface area (Å²) in [5.41, 5.74) is 9.36. The lowest BCUT2D eigenvalue weighted by atomic mass is 10.1. The van der Waals surface area contributed by atoms with Crippen LogP contribution < -0.4 is 5.73 Å². The van der Waals surface area contributed by atoms with Gasteiger partial charge in [0.1, 0.15) is 0 Å². The Kier molecular flexibility index (Phi) is 2.74. The number of aryl methyl sites for hydroxylation is 1. The van der Waals surface area contributed by atoms with Gasteiger partial charge >= 0.3 is 0 Å². The van der Waals surface area contributed by atoms with Crippen LogP contribution >= 0.6 is 0 Å². The van der Waals surface area contributed by atoms with Crippen molar-refractivity contribution < 1.29 is 4.74 Å². The molecule has 0 saturated carbocycles. The minimum atomic E-state index is 0.235. The van der Waals surface area contributed by atoms with Crippen molar-refractivity contribution >= 4 is 17.0 Å². The van der Waals surface area contributed by atoms with Crippen molar-refractivity contribution in [2.24, 2.45) is 0 Å². The predicted octanol–water partition coefficient (Wildman–Crippen LogP) is 2.67. The Morgan fingerprint density at radius 2 is 2.33 bits per heavy atom. The molecule has 0 spiro atoms. The van der Waals surface area contributed by atoms with E-state index in [4.69, 9.17) is 10.5 Å². The molecule has 1 aliphatic rings. The summed E-state index contributed by atoms with van der Waals surface area (Å²) in [7, 11) is 0. The van der Waals surface area contributed by atoms with E-state index >= 15 is 0 Å². The van der Waals surface area contributed by atoms with Crippen molar-refractivity contribution in [2.75, 3.05) is 12.3 Å². The second kappa shape index (κ2) is 4.28. The molecule has 0 aliphatic carbocycles. The summed E-state index contributed by atoms with van der Waals surface area (Å²) in [5.74, 6) is 0.582. The molecule has 4 heteroatoms. The molecule has 1 saturated heterocycles. The Morgan fingerprint density at radius 1 is 1.50 bits per heavy atom. The highest BCUT2D eigenvalue weighted by Gasteiger charge is 2.26. The molecule has 1 aliphatic heterocycles. The highest BCUT2D eigenvalue weighted by Crippen LogP contribution is 2.30. The van der Waals surface area contributed by atoms with Crippen molar-refractivity contribution in [1.82, 2.24) is 9.55 Å². The zero-order valence-corrected chi connectivity index (χ0v) is 10.9. The predicted molar refractivity (Wildman–Crippen MR) is 72.6 cm³/mol. The van der Waals surface area contributed by atoms with Gasteiger partial charge < -0.3 is 15.0 Å². The Morgan fingerprint density at radius 3 is 3.06 bits per heavy atom. The molecular weight excluding hydrogens is 226 g/mol. The standard InChI is InChI=1S/C14H19N3O/c1-9-5-6-11-12(8-9)17(14(15)16-11)10(2)13-4-3-7-18-13/h5-6,8,10,13H,3-4,7H2,1-2H3,(H2,15,16). The first-order chi connectivity index (χ1) is 8.66. The van der Waals surface area contributed by atoms with E-state index in [0.717, 1.165) is 30.5 Å². The molecule has 1 aromatic heterocycles. The van der Waals surface area contributed by atoms with Crippen molar-refractivity contribution in [3.8, 4) is 0 Å². The summed E-state index contributed by atoms with van der Waals surface area (Å²) in [6.07, 6.45) is 2.50. The van der Waals surface area contributed by atoms with Crippen LogP contribution in [-0.4, -0.2) is 22.3 Å². The molecule has 2 heterocycles. The van der Waals surface area contributed by atoms with Gasteiger partial charge in [-0.2, -0.15) is 0 Å². The molecule has 2 N–H and O–H groups in total. The summed E-state index contributed by atoms with van der Waals surface area (Å²) in [5, 5.41) is 0. The zero-order chi connectivity index (χ0) is 12.7. The molecule has 0 amide bonds. The lowest BCUT2D eigenvalue weighted by molar-refractivity contribution is 0.0751. The van der Waals surface area contributed by atoms with Crippen LogP contribution in [0.2, 0.25) is 0 Å². The molecular formula is C14H19N3O. The van der Waals surface area contributed by atoms with Crippen molar-refractivity contribution in [3.63, 3.8) is 0 Å². The first-order valence-corrected chi connectivity index (χ1v) is 6.52. The Bertz CT molecular complexity index is 570. The smallest absolute Gasteiger partial charge is 0.201 e. The number of nitrogens with zero attached hydrogens (tertiary/aromatic N) is 2. The third-order valence-electron chi connectivity index (χ3n) is 3.78. The number of fused-ring (bicyclic) bond motifs is 1. The van der Waals surface area contributed by atoms with Gasteiger partial charge in [-0.1, -0.05) is 6.07 Å². The van der Waals surface area contributed by atoms with E-state index in [0.29, 0.717) is 5.95 Å². The molecule has 2 unspecified atom stereocenters. The molecule has 0 bridgehead atoms. The number of nitrogen functional groups attached to an aromatic ring is 1. The molecule has 2 atom stereocenters. The maximum Gasteiger partial charge on any atom is 0.201 e. The van der Waals surface area contributed by atoms with Crippen LogP contribution in [0, 0.1) is 6.92 Å². The van der Waals surface area contributed by atoms with E-state index in [1.807, 2.05) is 6.07 Å². The number of benzene rings is 1. The summed E-state index contributed by atoms with van der Waals surface area (Å²) < 4.78 is 7.88. The first-order valence-electron chi connectivity index (χ1n) is 6.52. The monoisotopic (exact) mass is 245 g/mol. The van der Waals surface area contributed by atoms with Crippen LogP contribution in [0.4, 0.5) is 5.95 Å². The van der Waals surface area contributed by atoms with E-state index in [1.165, 1.54) is 5.56 Å². The molecule has 4 nitrogen and oxygen atoms in total. The van der Waals surface area contributed by atoms with Gasteiger partial charge in [-0.15, -0.1) is 0 Å². The van der Waals surface area contributed by atoms with Crippen LogP contribution in [0.3, 0.4) is 0 Å². The van der Waals surface area contributed by atoms with Gasteiger partial charge in [-0.25, -0.2) is 4.98 Å². The number of nitrogens with two attached hydrogens (primary N) is 1. The molecule has 2 aromatic rings. The normalized spacial score (nSPS) is 21.6. The van der Waals surface area contributed by atoms with E-state index in [1.54, 1.807) is 0 Å². The van der Waals surface area contributed by atoms with Crippen LogP contribution in [0.25, 0.3) is 11.0 Å². The van der Waals surface area contributed by atoms with E-state index in [-0.39, 0.29) is 12.1 Å². The highest BCUT2D eigenvalue weighted by atomic mass is 16.5. The average Bonchev–Trinajstić information content (AvgIpc) is 2.94. The molecule has 1 aromatic carbocycles. The number of hydrogen-bond acceptors (Lipinski definition) is 3. The van der Waals surface area contributed by atoms with E-state index in [2.05, 4.69) is 35.5 Å². The lowest BCUT2D eigenvalue weighted by Gasteiger charge is -2.22. The number of imidazole rings is 1. The largest absolute Gasteiger partial charge is 0.376 e. The molecule has 18 heavy (non-hydrogen) atoms. The average molecular weight is 245 g/mol. The number of aromatic nitrogens is 2. The molecule has 3 rings (SSSR count). The van der Waals surface area contributed by atoms with Crippen LogP contribution in [0.15, 0.2) is 18.2 Å².